The van der Waals surface area contributed by atoms with Crippen molar-refractivity contribution >= 4 is 22.6 Å². The summed E-state index contributed by atoms with van der Waals surface area (Å²) in [5.74, 6) is 1.40. The molecule has 0 aliphatic heterocycles. The number of aryl methyl sites for hydroxylation is 2. The van der Waals surface area contributed by atoms with Crippen molar-refractivity contribution in [3.63, 3.8) is 0 Å². The highest BCUT2D eigenvalue weighted by Crippen LogP contribution is 2.32. The molecule has 124 valence electrons. The Morgan fingerprint density at radius 3 is 2.44 bits per heavy atom. The molecular weight excluding hydrogens is 336 g/mol. The summed E-state index contributed by atoms with van der Waals surface area (Å²) < 4.78 is 8.04. The summed E-state index contributed by atoms with van der Waals surface area (Å²) in [6.07, 6.45) is 1.61. The van der Waals surface area contributed by atoms with Crippen LogP contribution in [0.1, 0.15) is 11.1 Å². The second kappa shape index (κ2) is 6.18. The van der Waals surface area contributed by atoms with E-state index in [1.54, 1.807) is 12.3 Å². The zero-order chi connectivity index (χ0) is 17.4. The lowest BCUT2D eigenvalue weighted by Crippen LogP contribution is -2.02. The van der Waals surface area contributed by atoms with Gasteiger partial charge in [0.05, 0.1) is 11.0 Å². The minimum Gasteiger partial charge on any atom is -0.425 e. The molecule has 0 fully saturated rings. The van der Waals surface area contributed by atoms with Gasteiger partial charge in [-0.25, -0.2) is 9.55 Å². The van der Waals surface area contributed by atoms with Gasteiger partial charge in [0.2, 0.25) is 5.28 Å². The molecule has 2 heterocycles. The van der Waals surface area contributed by atoms with E-state index in [1.807, 2.05) is 60.9 Å². The van der Waals surface area contributed by atoms with Gasteiger partial charge in [0.25, 0.3) is 0 Å². The molecule has 0 N–H and O–H groups in total. The highest BCUT2D eigenvalue weighted by molar-refractivity contribution is 6.28. The van der Waals surface area contributed by atoms with Crippen LogP contribution in [0.25, 0.3) is 16.9 Å². The maximum Gasteiger partial charge on any atom is 0.308 e. The molecule has 0 saturated carbocycles. The average Bonchev–Trinajstić information content (AvgIpc) is 2.96. The number of aromatic nitrogens is 4. The summed E-state index contributed by atoms with van der Waals surface area (Å²) in [6.45, 7) is 4.02. The first-order valence-corrected chi connectivity index (χ1v) is 8.22. The summed E-state index contributed by atoms with van der Waals surface area (Å²) in [6, 6.07) is 16.0. The molecule has 6 heteroatoms. The Morgan fingerprint density at radius 1 is 0.920 bits per heavy atom. The highest BCUT2D eigenvalue weighted by atomic mass is 35.5. The van der Waals surface area contributed by atoms with Gasteiger partial charge >= 0.3 is 6.01 Å². The predicted octanol–water partition coefficient (Wildman–Crippen LogP) is 4.88. The molecule has 0 radical (unpaired) electrons. The fourth-order valence-electron chi connectivity index (χ4n) is 2.80. The molecule has 4 aromatic rings. The normalized spacial score (nSPS) is 11.0. The number of para-hydroxylation sites is 3. The lowest BCUT2D eigenvalue weighted by atomic mass is 10.1. The Labute approximate surface area is 149 Å². The van der Waals surface area contributed by atoms with E-state index in [0.29, 0.717) is 11.8 Å². The minimum absolute atomic E-state index is 0.174. The molecule has 4 rings (SSSR count). The maximum absolute atomic E-state index is 6.20. The van der Waals surface area contributed by atoms with Crippen LogP contribution in [0.5, 0.6) is 11.8 Å². The van der Waals surface area contributed by atoms with Crippen LogP contribution >= 0.6 is 11.6 Å². The summed E-state index contributed by atoms with van der Waals surface area (Å²) in [5, 5.41) is 0.174. The zero-order valence-electron chi connectivity index (χ0n) is 13.8. The third kappa shape index (κ3) is 2.83. The van der Waals surface area contributed by atoms with Gasteiger partial charge in [-0.15, -0.1) is 0 Å². The fraction of sp³-hybridized carbons (Fsp3) is 0.105. The largest absolute Gasteiger partial charge is 0.425 e. The SMILES string of the molecule is Cc1cccc(C)c1Oc1nc2ccccc2n1-c1ccnc(Cl)n1. The second-order valence-corrected chi connectivity index (χ2v) is 6.06. The first-order valence-electron chi connectivity index (χ1n) is 7.84. The Balaban J connectivity index is 1.93. The van der Waals surface area contributed by atoms with Crippen LogP contribution in [0.15, 0.2) is 54.7 Å². The molecule has 0 bridgehead atoms. The second-order valence-electron chi connectivity index (χ2n) is 5.73. The topological polar surface area (TPSA) is 52.8 Å². The number of ether oxygens (including phenoxy) is 1. The molecule has 0 saturated heterocycles. The van der Waals surface area contributed by atoms with E-state index in [4.69, 9.17) is 16.3 Å². The first kappa shape index (κ1) is 15.6. The molecule has 5 nitrogen and oxygen atoms in total. The van der Waals surface area contributed by atoms with Gasteiger partial charge in [-0.05, 0) is 48.7 Å². The van der Waals surface area contributed by atoms with E-state index >= 15 is 0 Å². The van der Waals surface area contributed by atoms with Crippen molar-refractivity contribution in [1.82, 2.24) is 19.5 Å². The smallest absolute Gasteiger partial charge is 0.308 e. The minimum atomic E-state index is 0.174. The van der Waals surface area contributed by atoms with Crippen LogP contribution in [-0.4, -0.2) is 19.5 Å². The van der Waals surface area contributed by atoms with Crippen molar-refractivity contribution in [2.75, 3.05) is 0 Å². The number of hydrogen-bond acceptors (Lipinski definition) is 4. The van der Waals surface area contributed by atoms with Crippen LogP contribution in [0.4, 0.5) is 0 Å². The number of hydrogen-bond donors (Lipinski definition) is 0. The van der Waals surface area contributed by atoms with Gasteiger partial charge < -0.3 is 4.74 Å². The molecule has 0 aliphatic carbocycles. The number of imidazole rings is 1. The Hall–Kier alpha value is -2.92. The Kier molecular flexibility index (Phi) is 3.86. The predicted molar refractivity (Wildman–Crippen MR) is 97.7 cm³/mol. The van der Waals surface area contributed by atoms with Crippen LogP contribution in [0, 0.1) is 13.8 Å². The highest BCUT2D eigenvalue weighted by Gasteiger charge is 2.17. The maximum atomic E-state index is 6.20. The Bertz CT molecular complexity index is 1050. The molecule has 0 aliphatic rings. The molecule has 0 atom stereocenters. The van der Waals surface area contributed by atoms with Crippen LogP contribution < -0.4 is 4.74 Å². The number of benzene rings is 2. The number of halogens is 1. The van der Waals surface area contributed by atoms with E-state index in [0.717, 1.165) is 27.9 Å². The third-order valence-corrected chi connectivity index (χ3v) is 4.15. The quantitative estimate of drug-likeness (QED) is 0.494. The number of nitrogens with zero attached hydrogens (tertiary/aromatic N) is 4. The molecule has 25 heavy (non-hydrogen) atoms. The van der Waals surface area contributed by atoms with Gasteiger partial charge in [0, 0.05) is 12.3 Å². The van der Waals surface area contributed by atoms with E-state index in [9.17, 15) is 0 Å². The van der Waals surface area contributed by atoms with Crippen molar-refractivity contribution in [2.45, 2.75) is 13.8 Å². The standard InChI is InChI=1S/C19H15ClN4O/c1-12-6-5-7-13(2)17(12)25-19-22-14-8-3-4-9-15(14)24(19)16-10-11-21-18(20)23-16/h3-11H,1-2H3. The van der Waals surface area contributed by atoms with E-state index < -0.39 is 0 Å². The van der Waals surface area contributed by atoms with Crippen LogP contribution in [0.2, 0.25) is 5.28 Å². The zero-order valence-corrected chi connectivity index (χ0v) is 14.5. The molecule has 2 aromatic carbocycles. The van der Waals surface area contributed by atoms with Crippen molar-refractivity contribution in [3.8, 4) is 17.6 Å². The van der Waals surface area contributed by atoms with Gasteiger partial charge in [-0.1, -0.05) is 30.3 Å². The molecule has 2 aromatic heterocycles. The Morgan fingerprint density at radius 2 is 1.68 bits per heavy atom. The van der Waals surface area contributed by atoms with Crippen molar-refractivity contribution in [3.05, 3.63) is 71.1 Å². The van der Waals surface area contributed by atoms with Crippen LogP contribution in [-0.2, 0) is 0 Å². The monoisotopic (exact) mass is 350 g/mol. The average molecular weight is 351 g/mol. The lowest BCUT2D eigenvalue weighted by molar-refractivity contribution is 0.430. The van der Waals surface area contributed by atoms with Gasteiger partial charge in [0.15, 0.2) is 0 Å². The van der Waals surface area contributed by atoms with Gasteiger partial charge in [-0.3, -0.25) is 0 Å². The number of fused-ring (bicyclic) bond motifs is 1. The van der Waals surface area contributed by atoms with Crippen molar-refractivity contribution < 1.29 is 4.74 Å². The molecule has 0 spiro atoms. The van der Waals surface area contributed by atoms with Crippen molar-refractivity contribution in [2.24, 2.45) is 0 Å². The molecule has 0 unspecified atom stereocenters. The first-order chi connectivity index (χ1) is 12.1. The summed E-state index contributed by atoms with van der Waals surface area (Å²) in [7, 11) is 0. The van der Waals surface area contributed by atoms with Crippen LogP contribution in [0.3, 0.4) is 0 Å². The fourth-order valence-corrected chi connectivity index (χ4v) is 2.94. The molecular formula is C19H15ClN4O. The van der Waals surface area contributed by atoms with E-state index in [1.165, 1.54) is 0 Å². The third-order valence-electron chi connectivity index (χ3n) is 3.97. The lowest BCUT2D eigenvalue weighted by Gasteiger charge is -2.12. The van der Waals surface area contributed by atoms with E-state index in [2.05, 4.69) is 15.0 Å². The summed E-state index contributed by atoms with van der Waals surface area (Å²) in [4.78, 5) is 12.9. The summed E-state index contributed by atoms with van der Waals surface area (Å²) in [5.41, 5.74) is 3.79. The van der Waals surface area contributed by atoms with E-state index in [-0.39, 0.29) is 5.28 Å². The molecule has 0 amide bonds. The van der Waals surface area contributed by atoms with Gasteiger partial charge in [-0.2, -0.15) is 9.97 Å². The summed E-state index contributed by atoms with van der Waals surface area (Å²) >= 11 is 5.98. The van der Waals surface area contributed by atoms with Crippen molar-refractivity contribution in [1.29, 1.82) is 0 Å². The number of rotatable bonds is 3. The van der Waals surface area contributed by atoms with Gasteiger partial charge in [0.1, 0.15) is 11.6 Å².